The SMILES string of the molecule is c1ccc(C2=NC(c3cccc4oc5ccccc5c34)N=C(c3cccc(-c4ccccc4)c3)N2)cc1. The molecule has 0 spiro atoms. The van der Waals surface area contributed by atoms with Gasteiger partial charge in [-0.05, 0) is 29.3 Å². The Labute approximate surface area is 214 Å². The Morgan fingerprint density at radius 3 is 1.92 bits per heavy atom. The zero-order valence-corrected chi connectivity index (χ0v) is 20.0. The molecule has 0 radical (unpaired) electrons. The van der Waals surface area contributed by atoms with Gasteiger partial charge < -0.3 is 9.73 Å². The molecule has 37 heavy (non-hydrogen) atoms. The first-order valence-electron chi connectivity index (χ1n) is 12.4. The summed E-state index contributed by atoms with van der Waals surface area (Å²) in [6.45, 7) is 0. The standard InChI is InChI=1S/C33H23N3O/c1-3-11-22(12-4-1)24-15-9-16-25(21-24)32-34-31(23-13-5-2-6-14-23)35-33(36-32)27-18-10-20-29-30(27)26-17-7-8-19-28(26)37-29/h1-21,33H,(H,34,35,36). The Balaban J connectivity index is 1.40. The number of rotatable bonds is 4. The van der Waals surface area contributed by atoms with Gasteiger partial charge in [-0.2, -0.15) is 0 Å². The van der Waals surface area contributed by atoms with Gasteiger partial charge in [0.25, 0.3) is 0 Å². The largest absolute Gasteiger partial charge is 0.456 e. The van der Waals surface area contributed by atoms with Crippen LogP contribution < -0.4 is 5.32 Å². The second-order valence-electron chi connectivity index (χ2n) is 9.09. The maximum atomic E-state index is 6.16. The van der Waals surface area contributed by atoms with Crippen molar-refractivity contribution in [1.82, 2.24) is 5.32 Å². The predicted octanol–water partition coefficient (Wildman–Crippen LogP) is 7.75. The van der Waals surface area contributed by atoms with Crippen LogP contribution in [-0.4, -0.2) is 11.7 Å². The van der Waals surface area contributed by atoms with Gasteiger partial charge in [-0.15, -0.1) is 0 Å². The van der Waals surface area contributed by atoms with Gasteiger partial charge in [0.2, 0.25) is 0 Å². The number of para-hydroxylation sites is 1. The molecule has 4 heteroatoms. The number of furan rings is 1. The third kappa shape index (κ3) is 3.89. The summed E-state index contributed by atoms with van der Waals surface area (Å²) >= 11 is 0. The van der Waals surface area contributed by atoms with E-state index in [-0.39, 0.29) is 0 Å². The summed E-state index contributed by atoms with van der Waals surface area (Å²) in [7, 11) is 0. The molecule has 2 heterocycles. The van der Waals surface area contributed by atoms with Crippen molar-refractivity contribution in [2.45, 2.75) is 6.17 Å². The van der Waals surface area contributed by atoms with Gasteiger partial charge in [-0.25, -0.2) is 9.98 Å². The van der Waals surface area contributed by atoms with Gasteiger partial charge in [0.1, 0.15) is 22.8 Å². The van der Waals surface area contributed by atoms with Gasteiger partial charge in [0.15, 0.2) is 6.17 Å². The molecule has 6 aromatic rings. The Morgan fingerprint density at radius 1 is 0.514 bits per heavy atom. The van der Waals surface area contributed by atoms with Crippen LogP contribution in [0.15, 0.2) is 142 Å². The third-order valence-corrected chi connectivity index (χ3v) is 6.74. The molecule has 1 aromatic heterocycles. The number of aliphatic imine (C=N–C) groups is 2. The molecule has 176 valence electrons. The first kappa shape index (κ1) is 21.3. The Bertz CT molecular complexity index is 1800. The van der Waals surface area contributed by atoms with Crippen molar-refractivity contribution in [3.05, 3.63) is 144 Å². The summed E-state index contributed by atoms with van der Waals surface area (Å²) in [5, 5.41) is 5.65. The molecule has 0 saturated carbocycles. The van der Waals surface area contributed by atoms with Gasteiger partial charge in [0, 0.05) is 27.5 Å². The van der Waals surface area contributed by atoms with Crippen molar-refractivity contribution in [2.75, 3.05) is 0 Å². The second-order valence-corrected chi connectivity index (χ2v) is 9.09. The fraction of sp³-hybridized carbons (Fsp3) is 0.0303. The van der Waals surface area contributed by atoms with E-state index in [4.69, 9.17) is 14.4 Å². The molecular formula is C33H23N3O. The average molecular weight is 478 g/mol. The number of nitrogens with one attached hydrogen (secondary N) is 1. The molecule has 5 aromatic carbocycles. The fourth-order valence-electron chi connectivity index (χ4n) is 4.97. The molecule has 0 amide bonds. The van der Waals surface area contributed by atoms with E-state index in [0.29, 0.717) is 0 Å². The van der Waals surface area contributed by atoms with Crippen molar-refractivity contribution in [3.63, 3.8) is 0 Å². The number of nitrogens with zero attached hydrogens (tertiary/aromatic N) is 2. The first-order chi connectivity index (χ1) is 18.3. The van der Waals surface area contributed by atoms with Crippen LogP contribution >= 0.6 is 0 Å². The minimum Gasteiger partial charge on any atom is -0.456 e. The molecule has 0 saturated heterocycles. The van der Waals surface area contributed by atoms with Gasteiger partial charge in [-0.1, -0.05) is 109 Å². The summed E-state index contributed by atoms with van der Waals surface area (Å²) in [5.74, 6) is 1.59. The first-order valence-corrected chi connectivity index (χ1v) is 12.4. The van der Waals surface area contributed by atoms with Gasteiger partial charge >= 0.3 is 0 Å². The van der Waals surface area contributed by atoms with E-state index in [9.17, 15) is 0 Å². The summed E-state index contributed by atoms with van der Waals surface area (Å²) in [6, 6.07) is 43.4. The summed E-state index contributed by atoms with van der Waals surface area (Å²) < 4.78 is 6.16. The molecule has 0 aliphatic carbocycles. The van der Waals surface area contributed by atoms with Crippen molar-refractivity contribution < 1.29 is 4.42 Å². The molecule has 1 atom stereocenters. The molecule has 1 aliphatic rings. The van der Waals surface area contributed by atoms with Crippen molar-refractivity contribution in [3.8, 4) is 11.1 Å². The van der Waals surface area contributed by atoms with Gasteiger partial charge in [0.05, 0.1) is 0 Å². The topological polar surface area (TPSA) is 49.9 Å². The highest BCUT2D eigenvalue weighted by Gasteiger charge is 2.24. The lowest BCUT2D eigenvalue weighted by Crippen LogP contribution is -2.36. The van der Waals surface area contributed by atoms with Crippen LogP contribution in [0.1, 0.15) is 22.9 Å². The maximum Gasteiger partial charge on any atom is 0.170 e. The van der Waals surface area contributed by atoms with Crippen molar-refractivity contribution in [2.24, 2.45) is 9.98 Å². The van der Waals surface area contributed by atoms with E-state index < -0.39 is 6.17 Å². The number of benzene rings is 5. The minimum atomic E-state index is -0.420. The highest BCUT2D eigenvalue weighted by molar-refractivity contribution is 6.16. The lowest BCUT2D eigenvalue weighted by Gasteiger charge is -2.23. The van der Waals surface area contributed by atoms with Gasteiger partial charge in [-0.3, -0.25) is 0 Å². The van der Waals surface area contributed by atoms with E-state index in [0.717, 1.165) is 55.9 Å². The lowest BCUT2D eigenvalue weighted by molar-refractivity contribution is 0.667. The molecule has 4 nitrogen and oxygen atoms in total. The molecule has 1 N–H and O–H groups in total. The Hall–Kier alpha value is -4.96. The molecule has 0 bridgehead atoms. The van der Waals surface area contributed by atoms with Crippen LogP contribution in [0.25, 0.3) is 33.1 Å². The van der Waals surface area contributed by atoms with Crippen LogP contribution in [0, 0.1) is 0 Å². The zero-order chi connectivity index (χ0) is 24.6. The molecule has 0 fully saturated rings. The maximum absolute atomic E-state index is 6.16. The van der Waals surface area contributed by atoms with Crippen LogP contribution in [-0.2, 0) is 0 Å². The third-order valence-electron chi connectivity index (χ3n) is 6.74. The number of hydrogen-bond acceptors (Lipinski definition) is 4. The van der Waals surface area contributed by atoms with Crippen LogP contribution in [0.4, 0.5) is 0 Å². The van der Waals surface area contributed by atoms with E-state index >= 15 is 0 Å². The van der Waals surface area contributed by atoms with E-state index in [1.165, 1.54) is 5.56 Å². The molecule has 7 rings (SSSR count). The minimum absolute atomic E-state index is 0.420. The monoisotopic (exact) mass is 477 g/mol. The Morgan fingerprint density at radius 2 is 1.11 bits per heavy atom. The van der Waals surface area contributed by atoms with Crippen molar-refractivity contribution in [1.29, 1.82) is 0 Å². The molecular weight excluding hydrogens is 454 g/mol. The predicted molar refractivity (Wildman–Crippen MR) is 151 cm³/mol. The Kier molecular flexibility index (Phi) is 5.14. The van der Waals surface area contributed by atoms with Crippen LogP contribution in [0.3, 0.4) is 0 Å². The molecule has 1 aliphatic heterocycles. The quantitative estimate of drug-likeness (QED) is 0.282. The van der Waals surface area contributed by atoms with E-state index in [2.05, 4.69) is 78.1 Å². The van der Waals surface area contributed by atoms with E-state index in [1.54, 1.807) is 0 Å². The smallest absolute Gasteiger partial charge is 0.170 e. The number of hydrogen-bond donors (Lipinski definition) is 1. The summed E-state index contributed by atoms with van der Waals surface area (Å²) in [4.78, 5) is 10.2. The zero-order valence-electron chi connectivity index (χ0n) is 20.0. The molecule has 1 unspecified atom stereocenters. The number of amidine groups is 2. The summed E-state index contributed by atoms with van der Waals surface area (Å²) in [5.41, 5.74) is 7.08. The van der Waals surface area contributed by atoms with Crippen LogP contribution in [0.5, 0.6) is 0 Å². The average Bonchev–Trinajstić information content (AvgIpc) is 3.37. The highest BCUT2D eigenvalue weighted by Crippen LogP contribution is 2.36. The highest BCUT2D eigenvalue weighted by atomic mass is 16.3. The normalized spacial score (nSPS) is 15.3. The lowest BCUT2D eigenvalue weighted by atomic mass is 10.0. The van der Waals surface area contributed by atoms with Crippen LogP contribution in [0.2, 0.25) is 0 Å². The fourth-order valence-corrected chi connectivity index (χ4v) is 4.97. The summed E-state index contributed by atoms with van der Waals surface area (Å²) in [6.07, 6.45) is -0.420. The second kappa shape index (κ2) is 8.92. The number of fused-ring (bicyclic) bond motifs is 3. The van der Waals surface area contributed by atoms with E-state index in [1.807, 2.05) is 54.6 Å². The van der Waals surface area contributed by atoms with Crippen molar-refractivity contribution >= 4 is 33.6 Å².